The van der Waals surface area contributed by atoms with E-state index in [1.54, 1.807) is 24.3 Å². The Kier molecular flexibility index (Phi) is 10.4. The zero-order valence-corrected chi connectivity index (χ0v) is 21.7. The fourth-order valence-electron chi connectivity index (χ4n) is 4.32. The van der Waals surface area contributed by atoms with E-state index in [2.05, 4.69) is 10.3 Å². The molecular formula is C25H31ClN2O12. The van der Waals surface area contributed by atoms with Crippen LogP contribution >= 0.6 is 11.6 Å². The van der Waals surface area contributed by atoms with Gasteiger partial charge in [-0.15, -0.1) is 0 Å². The van der Waals surface area contributed by atoms with Crippen LogP contribution in [0, 0.1) is 0 Å². The second kappa shape index (κ2) is 13.6. The van der Waals surface area contributed by atoms with Crippen LogP contribution in [0.25, 0.3) is 0 Å². The Bertz CT molecular complexity index is 1130. The maximum Gasteiger partial charge on any atom is 0.257 e. The molecule has 1 aromatic carbocycles. The molecule has 2 fully saturated rings. The van der Waals surface area contributed by atoms with Crippen molar-refractivity contribution in [2.75, 3.05) is 18.5 Å². The molecule has 2 aromatic rings. The Morgan fingerprint density at radius 3 is 2.30 bits per heavy atom. The molecule has 10 atom stereocenters. The lowest BCUT2D eigenvalue weighted by molar-refractivity contribution is -0.360. The number of benzene rings is 1. The molecule has 1 aromatic heterocycles. The molecule has 1 amide bonds. The topological polar surface area (TPSA) is 221 Å². The van der Waals surface area contributed by atoms with Crippen molar-refractivity contribution in [2.24, 2.45) is 0 Å². The average Bonchev–Trinajstić information content (AvgIpc) is 2.97. The van der Waals surface area contributed by atoms with Crippen molar-refractivity contribution in [3.63, 3.8) is 0 Å². The Morgan fingerprint density at radius 1 is 0.925 bits per heavy atom. The van der Waals surface area contributed by atoms with Gasteiger partial charge in [0.1, 0.15) is 48.8 Å². The van der Waals surface area contributed by atoms with Crippen LogP contribution in [0.5, 0.6) is 0 Å². The average molecular weight is 587 g/mol. The zero-order chi connectivity index (χ0) is 29.0. The van der Waals surface area contributed by atoms with Gasteiger partial charge in [-0.25, -0.2) is 0 Å². The number of nitrogens with zero attached hydrogens (tertiary/aromatic N) is 1. The van der Waals surface area contributed by atoms with Gasteiger partial charge in [0.25, 0.3) is 5.91 Å². The Morgan fingerprint density at radius 2 is 1.62 bits per heavy atom. The molecule has 2 aliphatic heterocycles. The van der Waals surface area contributed by atoms with E-state index >= 15 is 0 Å². The smallest absolute Gasteiger partial charge is 0.257 e. The normalized spacial score (nSPS) is 34.4. The van der Waals surface area contributed by atoms with Gasteiger partial charge in [0.05, 0.1) is 36.1 Å². The number of carbonyl (C=O) groups is 1. The van der Waals surface area contributed by atoms with E-state index in [1.165, 1.54) is 18.5 Å². The number of aliphatic hydroxyl groups is 7. The number of hydrogen-bond acceptors (Lipinski definition) is 13. The van der Waals surface area contributed by atoms with Crippen LogP contribution in [0.4, 0.5) is 5.69 Å². The first-order valence-corrected chi connectivity index (χ1v) is 12.7. The summed E-state index contributed by atoms with van der Waals surface area (Å²) < 4.78 is 22.1. The number of amides is 1. The molecule has 2 saturated heterocycles. The highest BCUT2D eigenvalue weighted by Crippen LogP contribution is 2.30. The minimum absolute atomic E-state index is 0.155. The first-order valence-electron chi connectivity index (χ1n) is 12.3. The van der Waals surface area contributed by atoms with Crippen LogP contribution < -0.4 is 5.32 Å². The molecule has 0 spiro atoms. The van der Waals surface area contributed by atoms with Gasteiger partial charge in [-0.05, 0) is 29.8 Å². The van der Waals surface area contributed by atoms with Crippen molar-refractivity contribution < 1.29 is 59.5 Å². The highest BCUT2D eigenvalue weighted by Gasteiger charge is 2.50. The molecule has 0 aliphatic carbocycles. The second-order valence-corrected chi connectivity index (χ2v) is 9.73. The van der Waals surface area contributed by atoms with Crippen molar-refractivity contribution >= 4 is 23.2 Å². The number of nitrogens with one attached hydrogen (secondary N) is 1. The summed E-state index contributed by atoms with van der Waals surface area (Å²) in [6.07, 6.45) is -12.6. The number of carbonyl (C=O) groups excluding carboxylic acids is 1. The van der Waals surface area contributed by atoms with Crippen molar-refractivity contribution in [3.05, 3.63) is 58.9 Å². The molecule has 0 saturated carbocycles. The molecule has 4 rings (SSSR count). The van der Waals surface area contributed by atoms with Crippen LogP contribution in [-0.2, 0) is 25.6 Å². The maximum absolute atomic E-state index is 12.5. The van der Waals surface area contributed by atoms with Gasteiger partial charge in [0, 0.05) is 12.4 Å². The Balaban J connectivity index is 1.39. The molecule has 220 valence electrons. The summed E-state index contributed by atoms with van der Waals surface area (Å²) in [6, 6.07) is 7.90. The summed E-state index contributed by atoms with van der Waals surface area (Å²) in [7, 11) is 0. The SMILES string of the molecule is O=C(Nc1cc(CO[C@@H]2O[C@H](CO)[C@@H](O[C@@H]3O[C@H](CO)[C@@H](O)[C@H](O)[C@H]3O)[C@H](O)[C@H]2O)ccc1Cl)c1cccnc1. The van der Waals surface area contributed by atoms with Gasteiger partial charge < -0.3 is 60.0 Å². The van der Waals surface area contributed by atoms with Gasteiger partial charge in [-0.2, -0.15) is 0 Å². The number of rotatable bonds is 9. The van der Waals surface area contributed by atoms with Crippen LogP contribution in [-0.4, -0.2) is 121 Å². The van der Waals surface area contributed by atoms with E-state index in [4.69, 9.17) is 30.5 Å². The van der Waals surface area contributed by atoms with Crippen LogP contribution in [0.1, 0.15) is 15.9 Å². The summed E-state index contributed by atoms with van der Waals surface area (Å²) in [6.45, 7) is -1.55. The maximum atomic E-state index is 12.5. The predicted octanol–water partition coefficient (Wildman–Crippen LogP) is -1.87. The van der Waals surface area contributed by atoms with E-state index in [0.717, 1.165) is 0 Å². The summed E-state index contributed by atoms with van der Waals surface area (Å²) >= 11 is 6.22. The highest BCUT2D eigenvalue weighted by molar-refractivity contribution is 6.34. The number of halogens is 1. The van der Waals surface area contributed by atoms with Gasteiger partial charge >= 0.3 is 0 Å². The largest absolute Gasteiger partial charge is 0.394 e. The number of aliphatic hydroxyl groups excluding tert-OH is 7. The van der Waals surface area contributed by atoms with E-state index in [1.807, 2.05) is 0 Å². The van der Waals surface area contributed by atoms with Crippen molar-refractivity contribution in [2.45, 2.75) is 68.0 Å². The van der Waals surface area contributed by atoms with E-state index in [-0.39, 0.29) is 11.6 Å². The van der Waals surface area contributed by atoms with Gasteiger partial charge in [-0.1, -0.05) is 17.7 Å². The molecule has 40 heavy (non-hydrogen) atoms. The van der Waals surface area contributed by atoms with Gasteiger partial charge in [0.2, 0.25) is 0 Å². The first kappa shape index (κ1) is 30.6. The van der Waals surface area contributed by atoms with E-state index in [9.17, 15) is 40.5 Å². The van der Waals surface area contributed by atoms with Gasteiger partial charge in [-0.3, -0.25) is 9.78 Å². The Hall–Kier alpha value is -2.31. The molecule has 3 heterocycles. The standard InChI is InChI=1S/C25H31ClN2O12/c26-13-4-3-11(6-14(13)28-23(36)12-2-1-5-27-7-12)10-37-24-21(35)19(33)22(16(9-30)39-24)40-25-20(34)18(32)17(31)15(8-29)38-25/h1-7,15-22,24-25,29-35H,8-10H2,(H,28,36)/t15-,16-,17-,18+,19-,20-,21-,22-,24-,25+/m1/s1. The third kappa shape index (κ3) is 6.76. The summed E-state index contributed by atoms with van der Waals surface area (Å²) in [5.41, 5.74) is 1.14. The number of hydrogen-bond donors (Lipinski definition) is 8. The first-order chi connectivity index (χ1) is 19.1. The minimum atomic E-state index is -1.77. The van der Waals surface area contributed by atoms with Gasteiger partial charge in [0.15, 0.2) is 12.6 Å². The fraction of sp³-hybridized carbons (Fsp3) is 0.520. The number of anilines is 1. The minimum Gasteiger partial charge on any atom is -0.394 e. The lowest BCUT2D eigenvalue weighted by Crippen LogP contribution is -2.64. The lowest BCUT2D eigenvalue weighted by Gasteiger charge is -2.45. The van der Waals surface area contributed by atoms with Crippen LogP contribution in [0.15, 0.2) is 42.7 Å². The van der Waals surface area contributed by atoms with E-state index < -0.39 is 80.5 Å². The number of ether oxygens (including phenoxy) is 4. The molecule has 15 heteroatoms. The van der Waals surface area contributed by atoms with Crippen molar-refractivity contribution in [1.82, 2.24) is 4.98 Å². The van der Waals surface area contributed by atoms with Crippen molar-refractivity contribution in [1.29, 1.82) is 0 Å². The molecule has 2 aliphatic rings. The van der Waals surface area contributed by atoms with E-state index in [0.29, 0.717) is 16.8 Å². The number of aromatic nitrogens is 1. The number of pyridine rings is 1. The third-order valence-electron chi connectivity index (χ3n) is 6.58. The molecule has 14 nitrogen and oxygen atoms in total. The quantitative estimate of drug-likeness (QED) is 0.161. The summed E-state index contributed by atoms with van der Waals surface area (Å²) in [5.74, 6) is -0.432. The molecule has 8 N–H and O–H groups in total. The molecule has 0 unspecified atom stereocenters. The predicted molar refractivity (Wildman–Crippen MR) is 135 cm³/mol. The lowest BCUT2D eigenvalue weighted by atomic mass is 9.97. The Labute approximate surface area is 233 Å². The summed E-state index contributed by atoms with van der Waals surface area (Å²) in [4.78, 5) is 16.4. The van der Waals surface area contributed by atoms with Crippen LogP contribution in [0.3, 0.4) is 0 Å². The summed E-state index contributed by atoms with van der Waals surface area (Å²) in [5, 5.41) is 73.7. The third-order valence-corrected chi connectivity index (χ3v) is 6.91. The highest BCUT2D eigenvalue weighted by atomic mass is 35.5. The monoisotopic (exact) mass is 586 g/mol. The molecular weight excluding hydrogens is 556 g/mol. The van der Waals surface area contributed by atoms with Crippen LogP contribution in [0.2, 0.25) is 5.02 Å². The van der Waals surface area contributed by atoms with Crippen molar-refractivity contribution in [3.8, 4) is 0 Å². The second-order valence-electron chi connectivity index (χ2n) is 9.33. The fourth-order valence-corrected chi connectivity index (χ4v) is 4.49. The zero-order valence-electron chi connectivity index (χ0n) is 20.9. The molecule has 0 bridgehead atoms. The molecule has 0 radical (unpaired) electrons.